The normalized spacial score (nSPS) is 12.8. The van der Waals surface area contributed by atoms with Crippen molar-refractivity contribution in [3.63, 3.8) is 0 Å². The molecule has 0 aliphatic carbocycles. The number of nitrogens with zero attached hydrogens (tertiary/aromatic N) is 1. The molecule has 7 heteroatoms. The summed E-state index contributed by atoms with van der Waals surface area (Å²) in [6.45, 7) is 2.09. The molecule has 4 rings (SSSR count). The smallest absolute Gasteiger partial charge is 0.261 e. The first-order valence-electron chi connectivity index (χ1n) is 9.02. The van der Waals surface area contributed by atoms with E-state index in [0.29, 0.717) is 18.7 Å². The lowest BCUT2D eigenvalue weighted by Gasteiger charge is -2.15. The second kappa shape index (κ2) is 7.74. The first kappa shape index (κ1) is 19.2. The van der Waals surface area contributed by atoms with E-state index in [1.807, 2.05) is 23.6 Å². The molecule has 0 bridgehead atoms. The van der Waals surface area contributed by atoms with Crippen LogP contribution in [-0.4, -0.2) is 20.9 Å². The van der Waals surface area contributed by atoms with Crippen LogP contribution in [0.1, 0.15) is 22.9 Å². The third-order valence-corrected chi connectivity index (χ3v) is 6.77. The molecule has 1 aliphatic rings. The van der Waals surface area contributed by atoms with Crippen LogP contribution >= 0.6 is 11.3 Å². The molecule has 0 saturated heterocycles. The molecule has 1 aliphatic heterocycles. The van der Waals surface area contributed by atoms with Gasteiger partial charge in [0.25, 0.3) is 10.0 Å². The molecule has 1 aromatic heterocycles. The second-order valence-electron chi connectivity index (χ2n) is 6.62. The average Bonchev–Trinajstić information content (AvgIpc) is 3.35. The van der Waals surface area contributed by atoms with Crippen molar-refractivity contribution in [3.8, 4) is 11.8 Å². The van der Waals surface area contributed by atoms with Gasteiger partial charge in [0, 0.05) is 24.7 Å². The number of carbonyl (C=O) groups is 1. The summed E-state index contributed by atoms with van der Waals surface area (Å²) in [7, 11) is -3.75. The number of sulfonamides is 1. The quantitative estimate of drug-likeness (QED) is 0.652. The molecule has 2 heterocycles. The van der Waals surface area contributed by atoms with Gasteiger partial charge in [-0.2, -0.15) is 0 Å². The first-order valence-corrected chi connectivity index (χ1v) is 11.4. The van der Waals surface area contributed by atoms with Crippen molar-refractivity contribution in [1.82, 2.24) is 0 Å². The number of fused-ring (bicyclic) bond motifs is 1. The van der Waals surface area contributed by atoms with Gasteiger partial charge in [-0.25, -0.2) is 8.42 Å². The van der Waals surface area contributed by atoms with Gasteiger partial charge in [0.1, 0.15) is 0 Å². The van der Waals surface area contributed by atoms with Crippen LogP contribution in [-0.2, 0) is 21.2 Å². The highest BCUT2D eigenvalue weighted by Gasteiger charge is 2.24. The Morgan fingerprint density at radius 2 is 1.97 bits per heavy atom. The maximum atomic E-state index is 12.8. The summed E-state index contributed by atoms with van der Waals surface area (Å²) in [4.78, 5) is 14.5. The molecule has 0 fully saturated rings. The zero-order chi connectivity index (χ0) is 20.4. The number of hydrogen-bond donors (Lipinski definition) is 1. The molecule has 5 nitrogen and oxygen atoms in total. The molecule has 29 heavy (non-hydrogen) atoms. The second-order valence-corrected chi connectivity index (χ2v) is 9.25. The van der Waals surface area contributed by atoms with E-state index in [1.54, 1.807) is 46.6 Å². The average molecular weight is 423 g/mol. The Morgan fingerprint density at radius 1 is 1.10 bits per heavy atom. The number of rotatable bonds is 3. The molecule has 0 atom stereocenters. The summed E-state index contributed by atoms with van der Waals surface area (Å²) >= 11 is 1.56. The van der Waals surface area contributed by atoms with Crippen LogP contribution < -0.4 is 9.62 Å². The van der Waals surface area contributed by atoms with Crippen molar-refractivity contribution in [3.05, 3.63) is 76.0 Å². The van der Waals surface area contributed by atoms with E-state index in [-0.39, 0.29) is 10.8 Å². The molecule has 2 aromatic carbocycles. The zero-order valence-electron chi connectivity index (χ0n) is 15.7. The summed E-state index contributed by atoms with van der Waals surface area (Å²) in [5, 5.41) is 1.96. The van der Waals surface area contributed by atoms with Crippen LogP contribution in [0.2, 0.25) is 0 Å². The third kappa shape index (κ3) is 4.19. The highest BCUT2D eigenvalue weighted by Crippen LogP contribution is 2.30. The van der Waals surface area contributed by atoms with Crippen molar-refractivity contribution >= 4 is 38.6 Å². The topological polar surface area (TPSA) is 66.5 Å². The minimum Gasteiger partial charge on any atom is -0.312 e. The molecule has 146 valence electrons. The third-order valence-electron chi connectivity index (χ3n) is 4.60. The van der Waals surface area contributed by atoms with Crippen molar-refractivity contribution in [2.24, 2.45) is 0 Å². The lowest BCUT2D eigenvalue weighted by atomic mass is 10.2. The molecule has 0 saturated carbocycles. The number of benzene rings is 2. The van der Waals surface area contributed by atoms with Crippen molar-refractivity contribution in [2.75, 3.05) is 16.2 Å². The van der Waals surface area contributed by atoms with E-state index in [1.165, 1.54) is 13.0 Å². The maximum Gasteiger partial charge on any atom is 0.261 e. The number of carbonyl (C=O) groups excluding carboxylic acids is 1. The molecule has 0 unspecified atom stereocenters. The van der Waals surface area contributed by atoms with Gasteiger partial charge in [-0.1, -0.05) is 24.0 Å². The number of hydrogen-bond acceptors (Lipinski definition) is 4. The fourth-order valence-corrected chi connectivity index (χ4v) is 4.90. The monoisotopic (exact) mass is 422 g/mol. The van der Waals surface area contributed by atoms with Gasteiger partial charge in [0.2, 0.25) is 5.91 Å². The Morgan fingerprint density at radius 3 is 2.72 bits per heavy atom. The fraction of sp³-hybridized carbons (Fsp3) is 0.136. The number of nitrogens with one attached hydrogen (secondary N) is 1. The van der Waals surface area contributed by atoms with Crippen LogP contribution in [0.5, 0.6) is 0 Å². The van der Waals surface area contributed by atoms with Crippen molar-refractivity contribution in [1.29, 1.82) is 0 Å². The summed E-state index contributed by atoms with van der Waals surface area (Å²) in [5.74, 6) is 6.07. The summed E-state index contributed by atoms with van der Waals surface area (Å²) < 4.78 is 28.3. The molecule has 0 radical (unpaired) electrons. The van der Waals surface area contributed by atoms with E-state index in [2.05, 4.69) is 16.6 Å². The Bertz CT molecular complexity index is 1240. The lowest BCUT2D eigenvalue weighted by Crippen LogP contribution is -2.25. The van der Waals surface area contributed by atoms with E-state index in [4.69, 9.17) is 0 Å². The van der Waals surface area contributed by atoms with Crippen LogP contribution in [0.15, 0.2) is 64.9 Å². The van der Waals surface area contributed by atoms with Gasteiger partial charge in [0.05, 0.1) is 15.5 Å². The SMILES string of the molecule is CC(=O)N1CCc2cc(S(=O)(=O)Nc3cccc(C#Cc4cccs4)c3)ccc21. The molecule has 1 amide bonds. The summed E-state index contributed by atoms with van der Waals surface area (Å²) in [5.41, 5.74) is 2.82. The predicted octanol–water partition coefficient (Wildman–Crippen LogP) is 3.86. The van der Waals surface area contributed by atoms with Gasteiger partial charge in [0.15, 0.2) is 0 Å². The number of anilines is 2. The lowest BCUT2D eigenvalue weighted by molar-refractivity contribution is -0.116. The predicted molar refractivity (Wildman–Crippen MR) is 116 cm³/mol. The van der Waals surface area contributed by atoms with Crippen molar-refractivity contribution in [2.45, 2.75) is 18.2 Å². The van der Waals surface area contributed by atoms with E-state index in [9.17, 15) is 13.2 Å². The zero-order valence-corrected chi connectivity index (χ0v) is 17.3. The maximum absolute atomic E-state index is 12.8. The number of thiophene rings is 1. The summed E-state index contributed by atoms with van der Waals surface area (Å²) in [6, 6.07) is 15.7. The summed E-state index contributed by atoms with van der Waals surface area (Å²) in [6.07, 6.45) is 0.645. The minimum atomic E-state index is -3.75. The van der Waals surface area contributed by atoms with Gasteiger partial charge in [-0.05, 0) is 59.8 Å². The van der Waals surface area contributed by atoms with E-state index >= 15 is 0 Å². The van der Waals surface area contributed by atoms with Crippen LogP contribution in [0.4, 0.5) is 11.4 Å². The van der Waals surface area contributed by atoms with Crippen LogP contribution in [0.25, 0.3) is 0 Å². The Balaban J connectivity index is 1.57. The molecular formula is C22H18N2O3S2. The van der Waals surface area contributed by atoms with Gasteiger partial charge < -0.3 is 4.90 Å². The Kier molecular flexibility index (Phi) is 5.14. The Hall–Kier alpha value is -3.08. The van der Waals surface area contributed by atoms with Gasteiger partial charge >= 0.3 is 0 Å². The van der Waals surface area contributed by atoms with Gasteiger partial charge in [-0.3, -0.25) is 9.52 Å². The first-order chi connectivity index (χ1) is 13.9. The van der Waals surface area contributed by atoms with Crippen LogP contribution in [0.3, 0.4) is 0 Å². The van der Waals surface area contributed by atoms with Gasteiger partial charge in [-0.15, -0.1) is 11.3 Å². The molecule has 3 aromatic rings. The van der Waals surface area contributed by atoms with E-state index < -0.39 is 10.0 Å². The van der Waals surface area contributed by atoms with E-state index in [0.717, 1.165) is 21.7 Å². The fourth-order valence-electron chi connectivity index (χ4n) is 3.23. The highest BCUT2D eigenvalue weighted by molar-refractivity contribution is 7.92. The highest BCUT2D eigenvalue weighted by atomic mass is 32.2. The largest absolute Gasteiger partial charge is 0.312 e. The minimum absolute atomic E-state index is 0.0436. The van der Waals surface area contributed by atoms with Crippen molar-refractivity contribution < 1.29 is 13.2 Å². The Labute approximate surface area is 174 Å². The molecule has 0 spiro atoms. The standard InChI is InChI=1S/C22H18N2O3S2/c1-16(25)24-12-11-18-15-21(9-10-22(18)24)29(26,27)23-19-5-2-4-17(14-19)7-8-20-6-3-13-28-20/h2-6,9-10,13-15,23H,11-12H2,1H3. The molecule has 1 N–H and O–H groups in total. The molecular weight excluding hydrogens is 404 g/mol. The number of amides is 1. The van der Waals surface area contributed by atoms with Crippen LogP contribution in [0, 0.1) is 11.8 Å².